The Hall–Kier alpha value is -2.99. The summed E-state index contributed by atoms with van der Waals surface area (Å²) in [6.45, 7) is 2.39. The molecule has 1 aromatic carbocycles. The second-order valence-corrected chi connectivity index (χ2v) is 7.72. The molecule has 0 aliphatic carbocycles. The van der Waals surface area contributed by atoms with Gasteiger partial charge in [-0.15, -0.1) is 0 Å². The van der Waals surface area contributed by atoms with Gasteiger partial charge in [-0.2, -0.15) is 0 Å². The lowest BCUT2D eigenvalue weighted by molar-refractivity contribution is 0.0948. The fourth-order valence-corrected chi connectivity index (χ4v) is 4.07. The van der Waals surface area contributed by atoms with E-state index in [1.165, 1.54) is 19.3 Å². The van der Waals surface area contributed by atoms with Gasteiger partial charge in [0, 0.05) is 49.9 Å². The first-order valence-electron chi connectivity index (χ1n) is 10.2. The van der Waals surface area contributed by atoms with Crippen LogP contribution in [0.5, 0.6) is 5.75 Å². The minimum absolute atomic E-state index is 0.235. The number of amides is 1. The maximum Gasteiger partial charge on any atom is 0.255 e. The number of rotatable bonds is 6. The van der Waals surface area contributed by atoms with E-state index in [1.54, 1.807) is 25.4 Å². The number of nitrogens with one attached hydrogen (secondary N) is 1. The molecule has 1 amide bonds. The monoisotopic (exact) mass is 424 g/mol. The Balaban J connectivity index is 1.53. The topological polar surface area (TPSA) is 59.4 Å². The quantitative estimate of drug-likeness (QED) is 0.634. The highest BCUT2D eigenvalue weighted by atomic mass is 35.5. The zero-order valence-electron chi connectivity index (χ0n) is 17.0. The second kappa shape index (κ2) is 9.22. The molecule has 1 N–H and O–H groups in total. The Morgan fingerprint density at radius 3 is 2.67 bits per heavy atom. The zero-order chi connectivity index (χ0) is 20.9. The third kappa shape index (κ3) is 4.28. The number of pyridine rings is 1. The number of anilines is 1. The fraction of sp³-hybridized carbons (Fsp3) is 0.304. The van der Waals surface area contributed by atoms with Gasteiger partial charge in [-0.05, 0) is 43.5 Å². The molecule has 0 bridgehead atoms. The molecule has 7 heteroatoms. The molecule has 0 unspecified atom stereocenters. The highest BCUT2D eigenvalue weighted by Crippen LogP contribution is 2.30. The van der Waals surface area contributed by atoms with Crippen molar-refractivity contribution in [3.05, 3.63) is 71.1 Å². The van der Waals surface area contributed by atoms with Crippen LogP contribution in [0.4, 0.5) is 5.82 Å². The van der Waals surface area contributed by atoms with Gasteiger partial charge in [0.05, 0.1) is 23.4 Å². The molecule has 0 spiro atoms. The first-order chi connectivity index (χ1) is 14.7. The van der Waals surface area contributed by atoms with Gasteiger partial charge in [-0.25, -0.2) is 4.98 Å². The summed E-state index contributed by atoms with van der Waals surface area (Å²) in [6, 6.07) is 11.2. The summed E-state index contributed by atoms with van der Waals surface area (Å²) in [5.41, 5.74) is 2.17. The predicted octanol–water partition coefficient (Wildman–Crippen LogP) is 4.45. The number of aromatic nitrogens is 2. The first-order valence-corrected chi connectivity index (χ1v) is 10.5. The number of hydrogen-bond donors (Lipinski definition) is 1. The molecule has 4 rings (SSSR count). The molecule has 0 radical (unpaired) electrons. The van der Waals surface area contributed by atoms with E-state index in [1.807, 2.05) is 41.2 Å². The highest BCUT2D eigenvalue weighted by Gasteiger charge is 2.19. The number of nitrogens with zero attached hydrogens (tertiary/aromatic N) is 3. The molecule has 2 aromatic heterocycles. The molecule has 6 nitrogen and oxygen atoms in total. The molecule has 0 saturated carbocycles. The van der Waals surface area contributed by atoms with Gasteiger partial charge in [0.2, 0.25) is 0 Å². The van der Waals surface area contributed by atoms with E-state index in [-0.39, 0.29) is 5.91 Å². The molecule has 156 valence electrons. The lowest BCUT2D eigenvalue weighted by Crippen LogP contribution is -2.32. The summed E-state index contributed by atoms with van der Waals surface area (Å²) >= 11 is 6.46. The van der Waals surface area contributed by atoms with E-state index < -0.39 is 0 Å². The van der Waals surface area contributed by atoms with E-state index in [4.69, 9.17) is 16.3 Å². The van der Waals surface area contributed by atoms with E-state index in [9.17, 15) is 4.79 Å². The molecule has 1 saturated heterocycles. The van der Waals surface area contributed by atoms with E-state index in [0.29, 0.717) is 22.9 Å². The zero-order valence-corrected chi connectivity index (χ0v) is 17.7. The average molecular weight is 425 g/mol. The Morgan fingerprint density at radius 2 is 1.93 bits per heavy atom. The van der Waals surface area contributed by atoms with Crippen LogP contribution in [0.2, 0.25) is 5.02 Å². The van der Waals surface area contributed by atoms with Crippen molar-refractivity contribution < 1.29 is 9.53 Å². The fourth-order valence-electron chi connectivity index (χ4n) is 3.81. The summed E-state index contributed by atoms with van der Waals surface area (Å²) in [5, 5.41) is 3.48. The van der Waals surface area contributed by atoms with Crippen LogP contribution < -0.4 is 15.0 Å². The van der Waals surface area contributed by atoms with Crippen molar-refractivity contribution in [2.45, 2.75) is 25.8 Å². The predicted molar refractivity (Wildman–Crippen MR) is 119 cm³/mol. The normalized spacial score (nSPS) is 13.9. The number of ether oxygens (including phenoxy) is 1. The Morgan fingerprint density at radius 1 is 1.17 bits per heavy atom. The van der Waals surface area contributed by atoms with Gasteiger partial charge < -0.3 is 19.5 Å². The average Bonchev–Trinajstić information content (AvgIpc) is 3.33. The molecular formula is C23H25ClN4O2. The molecule has 1 aliphatic rings. The largest absolute Gasteiger partial charge is 0.496 e. The van der Waals surface area contributed by atoms with Crippen LogP contribution in [0.25, 0.3) is 5.69 Å². The minimum Gasteiger partial charge on any atom is -0.496 e. The van der Waals surface area contributed by atoms with Crippen LogP contribution in [-0.4, -0.2) is 35.7 Å². The van der Waals surface area contributed by atoms with E-state index >= 15 is 0 Å². The van der Waals surface area contributed by atoms with Crippen molar-refractivity contribution in [2.75, 3.05) is 25.1 Å². The summed E-state index contributed by atoms with van der Waals surface area (Å²) in [6.07, 6.45) is 9.19. The number of carbonyl (C=O) groups is 1. The Kier molecular flexibility index (Phi) is 6.23. The minimum atomic E-state index is -0.235. The van der Waals surface area contributed by atoms with Crippen molar-refractivity contribution >= 4 is 23.3 Å². The summed E-state index contributed by atoms with van der Waals surface area (Å²) < 4.78 is 7.36. The smallest absolute Gasteiger partial charge is 0.255 e. The SMILES string of the molecule is COc1cc(-n2cccc2)c(Cl)cc1C(=O)NCc1cccnc1N1CCCCC1. The van der Waals surface area contributed by atoms with Crippen molar-refractivity contribution in [1.82, 2.24) is 14.9 Å². The van der Waals surface area contributed by atoms with Crippen LogP contribution in [0.3, 0.4) is 0 Å². The number of benzene rings is 1. The van der Waals surface area contributed by atoms with Crippen molar-refractivity contribution in [1.29, 1.82) is 0 Å². The van der Waals surface area contributed by atoms with Crippen molar-refractivity contribution in [2.24, 2.45) is 0 Å². The molecule has 1 aliphatic heterocycles. The maximum atomic E-state index is 12.9. The third-order valence-electron chi connectivity index (χ3n) is 5.36. The summed E-state index contributed by atoms with van der Waals surface area (Å²) in [7, 11) is 1.55. The number of piperidine rings is 1. The molecule has 30 heavy (non-hydrogen) atoms. The molecule has 1 fully saturated rings. The maximum absolute atomic E-state index is 12.9. The molecule has 0 atom stereocenters. The van der Waals surface area contributed by atoms with Crippen LogP contribution in [0.1, 0.15) is 35.2 Å². The van der Waals surface area contributed by atoms with Gasteiger partial charge in [-0.3, -0.25) is 4.79 Å². The van der Waals surface area contributed by atoms with Gasteiger partial charge in [-0.1, -0.05) is 17.7 Å². The van der Waals surface area contributed by atoms with Crippen molar-refractivity contribution in [3.63, 3.8) is 0 Å². The van der Waals surface area contributed by atoms with E-state index in [0.717, 1.165) is 30.2 Å². The summed E-state index contributed by atoms with van der Waals surface area (Å²) in [5.74, 6) is 1.19. The number of carbonyl (C=O) groups excluding carboxylic acids is 1. The number of methoxy groups -OCH3 is 1. The molecule has 3 aromatic rings. The van der Waals surface area contributed by atoms with Crippen molar-refractivity contribution in [3.8, 4) is 11.4 Å². The van der Waals surface area contributed by atoms with Crippen LogP contribution >= 0.6 is 11.6 Å². The van der Waals surface area contributed by atoms with Crippen LogP contribution in [0.15, 0.2) is 55.0 Å². The van der Waals surface area contributed by atoms with Gasteiger partial charge in [0.15, 0.2) is 0 Å². The van der Waals surface area contributed by atoms with Gasteiger partial charge >= 0.3 is 0 Å². The van der Waals surface area contributed by atoms with Gasteiger partial charge in [0.1, 0.15) is 11.6 Å². The lowest BCUT2D eigenvalue weighted by atomic mass is 10.1. The molecule has 3 heterocycles. The molecular weight excluding hydrogens is 400 g/mol. The highest BCUT2D eigenvalue weighted by molar-refractivity contribution is 6.33. The Labute approximate surface area is 181 Å². The number of halogens is 1. The number of hydrogen-bond acceptors (Lipinski definition) is 4. The summed E-state index contributed by atoms with van der Waals surface area (Å²) in [4.78, 5) is 19.8. The van der Waals surface area contributed by atoms with Crippen LogP contribution in [-0.2, 0) is 6.54 Å². The van der Waals surface area contributed by atoms with Crippen LogP contribution in [0, 0.1) is 0 Å². The second-order valence-electron chi connectivity index (χ2n) is 7.31. The van der Waals surface area contributed by atoms with E-state index in [2.05, 4.69) is 15.2 Å². The Bertz CT molecular complexity index is 1010. The lowest BCUT2D eigenvalue weighted by Gasteiger charge is -2.29. The first kappa shape index (κ1) is 20.3. The van der Waals surface area contributed by atoms with Gasteiger partial charge in [0.25, 0.3) is 5.91 Å². The third-order valence-corrected chi connectivity index (χ3v) is 5.66. The standard InChI is InChI=1S/C23H25ClN4O2/c1-30-21-15-20(27-10-5-6-11-27)19(24)14-18(21)23(29)26-16-17-8-7-9-25-22(17)28-12-3-2-4-13-28/h5-11,14-15H,2-4,12-13,16H2,1H3,(H,26,29).